The van der Waals surface area contributed by atoms with Gasteiger partial charge in [0.2, 0.25) is 0 Å². The summed E-state index contributed by atoms with van der Waals surface area (Å²) in [6.45, 7) is 2.18. The Morgan fingerprint density at radius 1 is 1.26 bits per heavy atom. The van der Waals surface area contributed by atoms with Gasteiger partial charge in [0.05, 0.1) is 5.02 Å². The molecule has 1 unspecified atom stereocenters. The van der Waals surface area contributed by atoms with Crippen LogP contribution in [0, 0.1) is 0 Å². The lowest BCUT2D eigenvalue weighted by Crippen LogP contribution is -2.15. The Hall–Kier alpha value is -1.03. The molecule has 0 spiro atoms. The van der Waals surface area contributed by atoms with E-state index in [-0.39, 0.29) is 0 Å². The quantitative estimate of drug-likeness (QED) is 0.874. The van der Waals surface area contributed by atoms with Crippen molar-refractivity contribution in [1.29, 1.82) is 0 Å². The van der Waals surface area contributed by atoms with Crippen molar-refractivity contribution < 1.29 is 0 Å². The molecular weight excluding hydrogens is 276 g/mol. The molecule has 1 atom stereocenters. The summed E-state index contributed by atoms with van der Waals surface area (Å²) < 4.78 is 0. The Kier molecular flexibility index (Phi) is 5.25. The molecule has 0 fully saturated rings. The van der Waals surface area contributed by atoms with Gasteiger partial charge >= 0.3 is 0 Å². The first-order valence-corrected chi connectivity index (χ1v) is 7.49. The first kappa shape index (κ1) is 14.4. The fraction of sp³-hybridized carbons (Fsp3) is 0.267. The maximum atomic E-state index is 5.86. The minimum absolute atomic E-state index is 0.371. The van der Waals surface area contributed by atoms with Crippen LogP contribution in [-0.4, -0.2) is 12.0 Å². The lowest BCUT2D eigenvalue weighted by molar-refractivity contribution is 0.568. The van der Waals surface area contributed by atoms with Crippen molar-refractivity contribution in [3.63, 3.8) is 0 Å². The van der Waals surface area contributed by atoms with E-state index in [0.717, 1.165) is 11.4 Å². The standard InChI is InChI=1S/C15H17ClN2S/c1-3-13(17-2)12-6-4-5-7-14(12)19-15-9-8-11(16)10-18-15/h4-10,13,17H,3H2,1-2H3. The van der Waals surface area contributed by atoms with Crippen LogP contribution in [0.3, 0.4) is 0 Å². The second kappa shape index (κ2) is 6.94. The smallest absolute Gasteiger partial charge is 0.101 e. The minimum Gasteiger partial charge on any atom is -0.313 e. The van der Waals surface area contributed by atoms with Crippen molar-refractivity contribution in [2.24, 2.45) is 0 Å². The van der Waals surface area contributed by atoms with Crippen LogP contribution < -0.4 is 5.32 Å². The van der Waals surface area contributed by atoms with Crippen LogP contribution in [0.4, 0.5) is 0 Å². The van der Waals surface area contributed by atoms with Gasteiger partial charge in [0.1, 0.15) is 5.03 Å². The SMILES string of the molecule is CCC(NC)c1ccccc1Sc1ccc(Cl)cn1. The number of nitrogens with zero attached hydrogens (tertiary/aromatic N) is 1. The average Bonchev–Trinajstić information content (AvgIpc) is 2.44. The number of nitrogens with one attached hydrogen (secondary N) is 1. The predicted octanol–water partition coefficient (Wildman–Crippen LogP) is 4.56. The molecular formula is C15H17ClN2S. The molecule has 2 nitrogen and oxygen atoms in total. The minimum atomic E-state index is 0.371. The van der Waals surface area contributed by atoms with E-state index >= 15 is 0 Å². The summed E-state index contributed by atoms with van der Waals surface area (Å²) in [6, 6.07) is 12.6. The van der Waals surface area contributed by atoms with Gasteiger partial charge in [-0.05, 0) is 37.2 Å². The van der Waals surface area contributed by atoms with E-state index < -0.39 is 0 Å². The van der Waals surface area contributed by atoms with E-state index in [1.807, 2.05) is 19.2 Å². The summed E-state index contributed by atoms with van der Waals surface area (Å²) in [4.78, 5) is 5.57. The molecule has 1 N–H and O–H groups in total. The second-order valence-corrected chi connectivity index (χ2v) is 5.70. The predicted molar refractivity (Wildman–Crippen MR) is 81.9 cm³/mol. The van der Waals surface area contributed by atoms with Crippen LogP contribution in [0.5, 0.6) is 0 Å². The van der Waals surface area contributed by atoms with Crippen molar-refractivity contribution in [2.75, 3.05) is 7.05 Å². The van der Waals surface area contributed by atoms with Crippen LogP contribution in [0.2, 0.25) is 5.02 Å². The number of rotatable bonds is 5. The fourth-order valence-corrected chi connectivity index (χ4v) is 3.03. The van der Waals surface area contributed by atoms with Crippen molar-refractivity contribution in [2.45, 2.75) is 29.3 Å². The van der Waals surface area contributed by atoms with Crippen LogP contribution in [0.15, 0.2) is 52.5 Å². The van der Waals surface area contributed by atoms with Gasteiger partial charge in [0.25, 0.3) is 0 Å². The van der Waals surface area contributed by atoms with Gasteiger partial charge in [0.15, 0.2) is 0 Å². The van der Waals surface area contributed by atoms with Crippen LogP contribution in [0.1, 0.15) is 24.9 Å². The summed E-state index contributed by atoms with van der Waals surface area (Å²) in [7, 11) is 2.00. The lowest BCUT2D eigenvalue weighted by Gasteiger charge is -2.17. The third kappa shape index (κ3) is 3.72. The number of hydrogen-bond donors (Lipinski definition) is 1. The lowest BCUT2D eigenvalue weighted by atomic mass is 10.1. The Morgan fingerprint density at radius 3 is 2.68 bits per heavy atom. The first-order valence-electron chi connectivity index (χ1n) is 6.30. The summed E-state index contributed by atoms with van der Waals surface area (Å²) in [6.07, 6.45) is 2.74. The van der Waals surface area contributed by atoms with Gasteiger partial charge in [-0.2, -0.15) is 0 Å². The number of pyridine rings is 1. The van der Waals surface area contributed by atoms with Gasteiger partial charge in [-0.15, -0.1) is 0 Å². The Labute approximate surface area is 123 Å². The molecule has 0 saturated heterocycles. The molecule has 0 amide bonds. The molecule has 0 aliphatic carbocycles. The first-order chi connectivity index (χ1) is 9.24. The summed E-state index contributed by atoms with van der Waals surface area (Å²) in [5.41, 5.74) is 1.31. The van der Waals surface area contributed by atoms with E-state index in [9.17, 15) is 0 Å². The van der Waals surface area contributed by atoms with Crippen LogP contribution >= 0.6 is 23.4 Å². The van der Waals surface area contributed by atoms with E-state index in [0.29, 0.717) is 11.1 Å². The molecule has 2 aromatic rings. The maximum Gasteiger partial charge on any atom is 0.101 e. The zero-order valence-corrected chi connectivity index (χ0v) is 12.6. The topological polar surface area (TPSA) is 24.9 Å². The molecule has 1 heterocycles. The van der Waals surface area contributed by atoms with Crippen molar-refractivity contribution in [3.8, 4) is 0 Å². The largest absolute Gasteiger partial charge is 0.313 e. The highest BCUT2D eigenvalue weighted by Gasteiger charge is 2.12. The number of benzene rings is 1. The molecule has 1 aromatic carbocycles. The molecule has 0 aliphatic heterocycles. The molecule has 0 saturated carbocycles. The highest BCUT2D eigenvalue weighted by atomic mass is 35.5. The van der Waals surface area contributed by atoms with Crippen LogP contribution in [-0.2, 0) is 0 Å². The van der Waals surface area contributed by atoms with Crippen molar-refractivity contribution in [3.05, 3.63) is 53.2 Å². The normalized spacial score (nSPS) is 12.4. The summed E-state index contributed by atoms with van der Waals surface area (Å²) >= 11 is 7.53. The molecule has 4 heteroatoms. The molecule has 2 rings (SSSR count). The third-order valence-electron chi connectivity index (χ3n) is 2.97. The number of halogens is 1. The fourth-order valence-electron chi connectivity index (χ4n) is 1.98. The molecule has 19 heavy (non-hydrogen) atoms. The van der Waals surface area contributed by atoms with E-state index in [1.54, 1.807) is 18.0 Å². The number of hydrogen-bond acceptors (Lipinski definition) is 3. The average molecular weight is 293 g/mol. The zero-order valence-electron chi connectivity index (χ0n) is 11.1. The molecule has 0 radical (unpaired) electrons. The van der Waals surface area contributed by atoms with E-state index in [4.69, 9.17) is 11.6 Å². The highest BCUT2D eigenvalue weighted by molar-refractivity contribution is 7.99. The molecule has 100 valence electrons. The summed E-state index contributed by atoms with van der Waals surface area (Å²) in [5.74, 6) is 0. The van der Waals surface area contributed by atoms with E-state index in [2.05, 4.69) is 41.5 Å². The zero-order chi connectivity index (χ0) is 13.7. The Balaban J connectivity index is 2.27. The molecule has 0 bridgehead atoms. The van der Waals surface area contributed by atoms with Gasteiger partial charge in [-0.25, -0.2) is 4.98 Å². The molecule has 0 aliphatic rings. The Bertz CT molecular complexity index is 524. The van der Waals surface area contributed by atoms with Gasteiger partial charge in [-0.3, -0.25) is 0 Å². The summed E-state index contributed by atoms with van der Waals surface area (Å²) in [5, 5.41) is 4.98. The third-order valence-corrected chi connectivity index (χ3v) is 4.23. The number of aromatic nitrogens is 1. The second-order valence-electron chi connectivity index (χ2n) is 4.20. The van der Waals surface area contributed by atoms with Gasteiger partial charge in [-0.1, -0.05) is 48.5 Å². The Morgan fingerprint density at radius 2 is 2.05 bits per heavy atom. The van der Waals surface area contributed by atoms with Crippen LogP contribution in [0.25, 0.3) is 0 Å². The van der Waals surface area contributed by atoms with E-state index in [1.165, 1.54) is 10.5 Å². The van der Waals surface area contributed by atoms with Gasteiger partial charge < -0.3 is 5.32 Å². The van der Waals surface area contributed by atoms with Crippen molar-refractivity contribution >= 4 is 23.4 Å². The highest BCUT2D eigenvalue weighted by Crippen LogP contribution is 2.33. The maximum absolute atomic E-state index is 5.86. The van der Waals surface area contributed by atoms with Crippen molar-refractivity contribution in [1.82, 2.24) is 10.3 Å². The van der Waals surface area contributed by atoms with Gasteiger partial charge in [0, 0.05) is 17.1 Å². The molecule has 1 aromatic heterocycles. The monoisotopic (exact) mass is 292 g/mol.